The van der Waals surface area contributed by atoms with Crippen molar-refractivity contribution in [2.45, 2.75) is 366 Å². The summed E-state index contributed by atoms with van der Waals surface area (Å²) in [6.45, 7) is 4.79. The van der Waals surface area contributed by atoms with Crippen LogP contribution in [0.15, 0.2) is 0 Å². The molecule has 3 atom stereocenters. The Hall–Kier alpha value is -0.500. The molecule has 0 aliphatic rings. The molecule has 1 amide bonds. The van der Waals surface area contributed by atoms with E-state index in [0.29, 0.717) is 23.9 Å². The lowest BCUT2D eigenvalue weighted by molar-refractivity contribution is -0.870. The van der Waals surface area contributed by atoms with Gasteiger partial charge in [0.15, 0.2) is 0 Å². The third kappa shape index (κ3) is 59.0. The van der Waals surface area contributed by atoms with Crippen LogP contribution in [0.5, 0.6) is 0 Å². The fraction of sp³-hybridized carbons (Fsp3) is 0.984. The highest BCUT2D eigenvalue weighted by Gasteiger charge is 2.24. The summed E-state index contributed by atoms with van der Waals surface area (Å²) < 4.78 is 23.5. The molecule has 0 rings (SSSR count). The highest BCUT2D eigenvalue weighted by molar-refractivity contribution is 7.45. The van der Waals surface area contributed by atoms with Gasteiger partial charge in [0.2, 0.25) is 5.91 Å². The summed E-state index contributed by atoms with van der Waals surface area (Å²) in [5.41, 5.74) is 0. The number of carbonyl (C=O) groups is 1. The number of aliphatic hydroxyl groups excluding tert-OH is 1. The molecular weight excluding hydrogens is 924 g/mol. The molecule has 0 aromatic rings. The molecule has 0 bridgehead atoms. The lowest BCUT2D eigenvalue weighted by atomic mass is 10.0. The smallest absolute Gasteiger partial charge is 0.268 e. The zero-order chi connectivity index (χ0) is 53.5. The van der Waals surface area contributed by atoms with Crippen molar-refractivity contribution < 1.29 is 32.9 Å². The van der Waals surface area contributed by atoms with Crippen molar-refractivity contribution in [3.05, 3.63) is 0 Å². The van der Waals surface area contributed by atoms with Gasteiger partial charge >= 0.3 is 0 Å². The second-order valence-corrected chi connectivity index (χ2v) is 25.6. The largest absolute Gasteiger partial charge is 0.756 e. The molecule has 0 aliphatic heterocycles. The second-order valence-electron chi connectivity index (χ2n) is 24.2. The van der Waals surface area contributed by atoms with Gasteiger partial charge in [0.05, 0.1) is 39.9 Å². The summed E-state index contributed by atoms with van der Waals surface area (Å²) in [5, 5.41) is 14.1. The molecule has 2 N–H and O–H groups in total. The Morgan fingerprint density at radius 3 is 0.932 bits per heavy atom. The third-order valence-electron chi connectivity index (χ3n) is 15.6. The summed E-state index contributed by atoms with van der Waals surface area (Å²) in [6, 6.07) is -0.796. The van der Waals surface area contributed by atoms with Gasteiger partial charge < -0.3 is 28.8 Å². The Morgan fingerprint density at radius 1 is 0.425 bits per heavy atom. The van der Waals surface area contributed by atoms with Gasteiger partial charge in [-0.2, -0.15) is 0 Å². The van der Waals surface area contributed by atoms with E-state index in [0.717, 1.165) is 38.5 Å². The van der Waals surface area contributed by atoms with Crippen LogP contribution in [0.2, 0.25) is 0 Å². The van der Waals surface area contributed by atoms with Crippen molar-refractivity contribution in [3.8, 4) is 0 Å². The lowest BCUT2D eigenvalue weighted by Crippen LogP contribution is -2.46. The molecule has 0 aromatic carbocycles. The van der Waals surface area contributed by atoms with E-state index in [1.165, 1.54) is 289 Å². The molecule has 0 aliphatic carbocycles. The highest BCUT2D eigenvalue weighted by Crippen LogP contribution is 2.38. The number of hydrogen-bond donors (Lipinski definition) is 2. The van der Waals surface area contributed by atoms with Gasteiger partial charge in [0.1, 0.15) is 13.2 Å². The van der Waals surface area contributed by atoms with E-state index in [-0.39, 0.29) is 19.1 Å². The number of amides is 1. The molecule has 0 spiro atoms. The van der Waals surface area contributed by atoms with Gasteiger partial charge in [-0.15, -0.1) is 0 Å². The maximum Gasteiger partial charge on any atom is 0.268 e. The van der Waals surface area contributed by atoms with Crippen molar-refractivity contribution in [2.75, 3.05) is 40.9 Å². The first-order chi connectivity index (χ1) is 35.5. The molecule has 438 valence electrons. The van der Waals surface area contributed by atoms with Crippen molar-refractivity contribution in [3.63, 3.8) is 0 Å². The van der Waals surface area contributed by atoms with Gasteiger partial charge in [-0.25, -0.2) is 0 Å². The predicted molar refractivity (Wildman–Crippen MR) is 316 cm³/mol. The molecule has 73 heavy (non-hydrogen) atoms. The molecule has 0 saturated carbocycles. The van der Waals surface area contributed by atoms with Crippen molar-refractivity contribution in [1.82, 2.24) is 5.32 Å². The van der Waals surface area contributed by atoms with Gasteiger partial charge in [-0.3, -0.25) is 9.36 Å². The van der Waals surface area contributed by atoms with Crippen LogP contribution in [-0.2, 0) is 18.4 Å². The minimum Gasteiger partial charge on any atom is -0.756 e. The average molecular weight is 1060 g/mol. The van der Waals surface area contributed by atoms with E-state index in [1.54, 1.807) is 0 Å². The van der Waals surface area contributed by atoms with Gasteiger partial charge in [0, 0.05) is 6.42 Å². The summed E-state index contributed by atoms with van der Waals surface area (Å²) >= 11 is 0. The minimum absolute atomic E-state index is 0.0168. The summed E-state index contributed by atoms with van der Waals surface area (Å²) in [7, 11) is 1.33. The Labute approximate surface area is 457 Å². The molecule has 0 saturated heterocycles. The number of aliphatic hydroxyl groups is 1. The number of hydrogen-bond acceptors (Lipinski definition) is 6. The number of likely N-dealkylation sites (N-methyl/N-ethyl adjacent to an activating group) is 1. The molecule has 0 heterocycles. The molecule has 0 radical (unpaired) electrons. The molecule has 0 aromatic heterocycles. The Balaban J connectivity index is 3.98. The Morgan fingerprint density at radius 2 is 0.671 bits per heavy atom. The van der Waals surface area contributed by atoms with E-state index >= 15 is 0 Å². The first kappa shape index (κ1) is 72.5. The molecular formula is C64H131N2O6P. The number of nitrogens with one attached hydrogen (secondary N) is 1. The highest BCUT2D eigenvalue weighted by atomic mass is 31.2. The fourth-order valence-electron chi connectivity index (χ4n) is 10.5. The van der Waals surface area contributed by atoms with E-state index in [9.17, 15) is 19.4 Å². The average Bonchev–Trinajstić information content (AvgIpc) is 3.35. The van der Waals surface area contributed by atoms with Crippen LogP contribution >= 0.6 is 7.82 Å². The number of quaternary nitrogens is 1. The van der Waals surface area contributed by atoms with E-state index in [1.807, 2.05) is 21.1 Å². The van der Waals surface area contributed by atoms with Crippen LogP contribution in [-0.4, -0.2) is 68.5 Å². The van der Waals surface area contributed by atoms with Crippen LogP contribution in [0.25, 0.3) is 0 Å². The number of unbranched alkanes of at least 4 members (excludes halogenated alkanes) is 49. The normalized spacial score (nSPS) is 13.7. The zero-order valence-corrected chi connectivity index (χ0v) is 51.0. The van der Waals surface area contributed by atoms with Crippen molar-refractivity contribution in [2.24, 2.45) is 0 Å². The number of phosphoric ester groups is 1. The van der Waals surface area contributed by atoms with Crippen molar-refractivity contribution >= 4 is 13.7 Å². The minimum atomic E-state index is -4.57. The third-order valence-corrected chi connectivity index (χ3v) is 16.6. The molecule has 0 fully saturated rings. The van der Waals surface area contributed by atoms with Gasteiger partial charge in [-0.05, 0) is 12.8 Å². The number of nitrogens with zero attached hydrogens (tertiary/aromatic N) is 1. The number of phosphoric acid groups is 1. The van der Waals surface area contributed by atoms with Crippen LogP contribution in [0.1, 0.15) is 354 Å². The predicted octanol–water partition coefficient (Wildman–Crippen LogP) is 19.8. The van der Waals surface area contributed by atoms with Gasteiger partial charge in [0.25, 0.3) is 7.82 Å². The van der Waals surface area contributed by atoms with Crippen LogP contribution < -0.4 is 10.2 Å². The Kier molecular flexibility index (Phi) is 55.8. The van der Waals surface area contributed by atoms with Gasteiger partial charge in [-0.1, -0.05) is 335 Å². The molecule has 3 unspecified atom stereocenters. The van der Waals surface area contributed by atoms with Crippen LogP contribution in [0.3, 0.4) is 0 Å². The maximum atomic E-state index is 13.0. The maximum absolute atomic E-state index is 13.0. The van der Waals surface area contributed by atoms with E-state index in [2.05, 4.69) is 19.2 Å². The van der Waals surface area contributed by atoms with Crippen molar-refractivity contribution in [1.29, 1.82) is 0 Å². The Bertz CT molecular complexity index is 1150. The number of rotatable bonds is 62. The molecule has 8 nitrogen and oxygen atoms in total. The van der Waals surface area contributed by atoms with Crippen LogP contribution in [0, 0.1) is 0 Å². The van der Waals surface area contributed by atoms with E-state index < -0.39 is 20.0 Å². The summed E-state index contributed by atoms with van der Waals surface area (Å²) in [6.07, 6.45) is 68.8. The first-order valence-electron chi connectivity index (χ1n) is 32.9. The fourth-order valence-corrected chi connectivity index (χ4v) is 11.2. The zero-order valence-electron chi connectivity index (χ0n) is 50.1. The topological polar surface area (TPSA) is 108 Å². The SMILES string of the molecule is CCCCCCCCCCCCCCCCCCCCCCCCCCCCCCCCCCC(O)C(COP(=O)([O-])OCC[N+](C)(C)C)NC(=O)CCCCCCCCCCCCCCCCCCCCC. The van der Waals surface area contributed by atoms with E-state index in [4.69, 9.17) is 9.05 Å². The first-order valence-corrected chi connectivity index (χ1v) is 34.3. The standard InChI is InChI=1S/C64H131N2O6P/c1-6-8-10-12-14-16-18-20-22-24-26-27-28-29-30-31-32-33-34-35-36-37-38-40-41-43-45-47-49-51-53-55-57-63(67)62(61-72-73(69,70)71-60-59-66(3,4)5)65-64(68)58-56-54-52-50-48-46-44-42-39-25-23-21-19-17-15-13-11-9-7-2/h62-63,67H,6-61H2,1-5H3,(H-,65,68,69,70). The second kappa shape index (κ2) is 56.2. The quantitative estimate of drug-likeness (QED) is 0.0357. The summed E-state index contributed by atoms with van der Waals surface area (Å²) in [4.78, 5) is 25.6. The lowest BCUT2D eigenvalue weighted by Gasteiger charge is -2.30. The summed E-state index contributed by atoms with van der Waals surface area (Å²) in [5.74, 6) is -0.155. The molecule has 9 heteroatoms. The van der Waals surface area contributed by atoms with Crippen LogP contribution in [0.4, 0.5) is 0 Å². The number of carbonyl (C=O) groups excluding carboxylic acids is 1. The monoisotopic (exact) mass is 1050 g/mol.